The van der Waals surface area contributed by atoms with E-state index >= 15 is 0 Å². The van der Waals surface area contributed by atoms with Crippen molar-refractivity contribution in [2.45, 2.75) is 19.9 Å². The fourth-order valence-electron chi connectivity index (χ4n) is 1.29. The Morgan fingerprint density at radius 3 is 3.06 bits per heavy atom. The van der Waals surface area contributed by atoms with Crippen molar-refractivity contribution in [3.8, 4) is 0 Å². The Bertz CT molecular complexity index is 520. The van der Waals surface area contributed by atoms with E-state index in [1.165, 1.54) is 11.3 Å². The number of thiazole rings is 1. The molecular weight excluding hydrogens is 240 g/mol. The third-order valence-corrected chi connectivity index (χ3v) is 2.74. The van der Waals surface area contributed by atoms with Crippen molar-refractivity contribution in [2.24, 2.45) is 0 Å². The fraction of sp³-hybridized carbons (Fsp3) is 0.300. The third-order valence-electron chi connectivity index (χ3n) is 2.02. The van der Waals surface area contributed by atoms with Crippen molar-refractivity contribution in [3.05, 3.63) is 28.9 Å². The van der Waals surface area contributed by atoms with Gasteiger partial charge in [0, 0.05) is 5.38 Å². The van der Waals surface area contributed by atoms with Crippen LogP contribution in [0.4, 0.5) is 5.13 Å². The number of amides is 1. The van der Waals surface area contributed by atoms with E-state index in [1.807, 2.05) is 0 Å². The van der Waals surface area contributed by atoms with E-state index < -0.39 is 0 Å². The minimum atomic E-state index is -0.133. The number of anilines is 1. The molecule has 6 nitrogen and oxygen atoms in total. The second-order valence-corrected chi connectivity index (χ2v) is 4.38. The highest BCUT2D eigenvalue weighted by atomic mass is 32.1. The molecule has 0 saturated carbocycles. The van der Waals surface area contributed by atoms with Gasteiger partial charge in [-0.1, -0.05) is 0 Å². The summed E-state index contributed by atoms with van der Waals surface area (Å²) in [4.78, 5) is 19.5. The quantitative estimate of drug-likeness (QED) is 0.842. The van der Waals surface area contributed by atoms with Crippen LogP contribution in [0.2, 0.25) is 0 Å². The zero-order valence-electron chi connectivity index (χ0n) is 9.27. The molecule has 2 aromatic rings. The van der Waals surface area contributed by atoms with Gasteiger partial charge in [0.15, 0.2) is 5.13 Å². The fourth-order valence-corrected chi connectivity index (χ4v) is 1.85. The molecule has 0 spiro atoms. The number of carbonyl (C=O) groups excluding carboxylic acids is 1. The van der Waals surface area contributed by atoms with E-state index in [0.717, 1.165) is 5.76 Å². The SMILES string of the molecule is Cc1cnc(CNC(=O)Cc2csc(N)n2)o1. The molecule has 2 aromatic heterocycles. The van der Waals surface area contributed by atoms with Crippen molar-refractivity contribution >= 4 is 22.4 Å². The van der Waals surface area contributed by atoms with Gasteiger partial charge >= 0.3 is 0 Å². The van der Waals surface area contributed by atoms with E-state index in [-0.39, 0.29) is 18.9 Å². The minimum absolute atomic E-state index is 0.133. The number of hydrogen-bond acceptors (Lipinski definition) is 6. The molecular formula is C10H12N4O2S. The van der Waals surface area contributed by atoms with Crippen LogP contribution in [0.5, 0.6) is 0 Å². The lowest BCUT2D eigenvalue weighted by molar-refractivity contribution is -0.120. The average Bonchev–Trinajstić information content (AvgIpc) is 2.85. The first kappa shape index (κ1) is 11.6. The Morgan fingerprint density at radius 1 is 1.65 bits per heavy atom. The normalized spacial score (nSPS) is 10.4. The van der Waals surface area contributed by atoms with Crippen LogP contribution in [0.1, 0.15) is 17.3 Å². The first-order valence-electron chi connectivity index (χ1n) is 5.01. The molecule has 0 saturated heterocycles. The van der Waals surface area contributed by atoms with Crippen molar-refractivity contribution in [2.75, 3.05) is 5.73 Å². The van der Waals surface area contributed by atoms with Crippen molar-refractivity contribution in [1.82, 2.24) is 15.3 Å². The zero-order valence-corrected chi connectivity index (χ0v) is 10.1. The van der Waals surface area contributed by atoms with Crippen LogP contribution in [-0.4, -0.2) is 15.9 Å². The lowest BCUT2D eigenvalue weighted by atomic mass is 10.3. The number of nitrogens with two attached hydrogens (primary N) is 1. The first-order chi connectivity index (χ1) is 8.13. The molecule has 90 valence electrons. The van der Waals surface area contributed by atoms with Gasteiger partial charge in [0.05, 0.1) is 24.9 Å². The highest BCUT2D eigenvalue weighted by molar-refractivity contribution is 7.13. The van der Waals surface area contributed by atoms with Crippen LogP contribution in [0, 0.1) is 6.92 Å². The molecule has 0 aromatic carbocycles. The number of carbonyl (C=O) groups is 1. The largest absolute Gasteiger partial charge is 0.444 e. The van der Waals surface area contributed by atoms with Gasteiger partial charge in [-0.25, -0.2) is 9.97 Å². The molecule has 7 heteroatoms. The Hall–Kier alpha value is -1.89. The van der Waals surface area contributed by atoms with Crippen LogP contribution >= 0.6 is 11.3 Å². The van der Waals surface area contributed by atoms with E-state index in [0.29, 0.717) is 16.7 Å². The lowest BCUT2D eigenvalue weighted by Crippen LogP contribution is -2.24. The number of hydrogen-bond donors (Lipinski definition) is 2. The molecule has 0 fully saturated rings. The van der Waals surface area contributed by atoms with Gasteiger partial charge in [-0.15, -0.1) is 11.3 Å². The van der Waals surface area contributed by atoms with Gasteiger partial charge in [0.1, 0.15) is 5.76 Å². The molecule has 0 aliphatic rings. The second kappa shape index (κ2) is 4.96. The van der Waals surface area contributed by atoms with E-state index in [1.54, 1.807) is 18.5 Å². The monoisotopic (exact) mass is 252 g/mol. The number of rotatable bonds is 4. The molecule has 0 bridgehead atoms. The predicted molar refractivity (Wildman–Crippen MR) is 63.3 cm³/mol. The first-order valence-corrected chi connectivity index (χ1v) is 5.89. The summed E-state index contributed by atoms with van der Waals surface area (Å²) in [7, 11) is 0. The molecule has 2 rings (SSSR count). The Balaban J connectivity index is 1.82. The number of nitrogens with zero attached hydrogens (tertiary/aromatic N) is 2. The average molecular weight is 252 g/mol. The summed E-state index contributed by atoms with van der Waals surface area (Å²) < 4.78 is 5.23. The molecule has 0 aliphatic heterocycles. The topological polar surface area (TPSA) is 94.0 Å². The zero-order chi connectivity index (χ0) is 12.3. The summed E-state index contributed by atoms with van der Waals surface area (Å²) in [5, 5.41) is 4.94. The second-order valence-electron chi connectivity index (χ2n) is 3.50. The van der Waals surface area contributed by atoms with Crippen LogP contribution in [0.25, 0.3) is 0 Å². The summed E-state index contributed by atoms with van der Waals surface area (Å²) in [6, 6.07) is 0. The standard InChI is InChI=1S/C10H12N4O2S/c1-6-3-13-9(16-6)4-12-8(15)2-7-5-17-10(11)14-7/h3,5H,2,4H2,1H3,(H2,11,14)(H,12,15). The van der Waals surface area contributed by atoms with Crippen molar-refractivity contribution < 1.29 is 9.21 Å². The summed E-state index contributed by atoms with van der Waals surface area (Å²) in [5.41, 5.74) is 6.15. The molecule has 2 heterocycles. The van der Waals surface area contributed by atoms with Gasteiger partial charge < -0.3 is 15.5 Å². The van der Waals surface area contributed by atoms with Crippen molar-refractivity contribution in [1.29, 1.82) is 0 Å². The maximum Gasteiger partial charge on any atom is 0.226 e. The van der Waals surface area contributed by atoms with E-state index in [9.17, 15) is 4.79 Å². The number of nitrogen functional groups attached to an aromatic ring is 1. The smallest absolute Gasteiger partial charge is 0.226 e. The van der Waals surface area contributed by atoms with Gasteiger partial charge in [-0.05, 0) is 6.92 Å². The Morgan fingerprint density at radius 2 is 2.47 bits per heavy atom. The van der Waals surface area contributed by atoms with Gasteiger partial charge in [0.2, 0.25) is 11.8 Å². The number of aromatic nitrogens is 2. The van der Waals surface area contributed by atoms with E-state index in [4.69, 9.17) is 10.2 Å². The summed E-state index contributed by atoms with van der Waals surface area (Å²) in [5.74, 6) is 1.08. The molecule has 0 unspecified atom stereocenters. The molecule has 1 amide bonds. The van der Waals surface area contributed by atoms with Gasteiger partial charge in [-0.3, -0.25) is 4.79 Å². The van der Waals surface area contributed by atoms with Gasteiger partial charge in [0.25, 0.3) is 0 Å². The summed E-state index contributed by atoms with van der Waals surface area (Å²) >= 11 is 1.32. The van der Waals surface area contributed by atoms with Crippen LogP contribution in [-0.2, 0) is 17.8 Å². The van der Waals surface area contributed by atoms with Crippen LogP contribution < -0.4 is 11.1 Å². The highest BCUT2D eigenvalue weighted by Crippen LogP contribution is 2.11. The van der Waals surface area contributed by atoms with Crippen molar-refractivity contribution in [3.63, 3.8) is 0 Å². The molecule has 0 aliphatic carbocycles. The third kappa shape index (κ3) is 3.28. The highest BCUT2D eigenvalue weighted by Gasteiger charge is 2.08. The number of oxazole rings is 1. The molecule has 17 heavy (non-hydrogen) atoms. The Kier molecular flexibility index (Phi) is 3.38. The van der Waals surface area contributed by atoms with Crippen LogP contribution in [0.15, 0.2) is 16.0 Å². The Labute approximate surface area is 102 Å². The van der Waals surface area contributed by atoms with E-state index in [2.05, 4.69) is 15.3 Å². The summed E-state index contributed by atoms with van der Waals surface area (Å²) in [6.07, 6.45) is 1.83. The predicted octanol–water partition coefficient (Wildman–Crippen LogP) is 0.881. The maximum absolute atomic E-state index is 11.5. The van der Waals surface area contributed by atoms with Gasteiger partial charge in [-0.2, -0.15) is 0 Å². The lowest BCUT2D eigenvalue weighted by Gasteiger charge is -2.00. The summed E-state index contributed by atoms with van der Waals surface area (Å²) in [6.45, 7) is 2.09. The molecule has 3 N–H and O–H groups in total. The molecule has 0 atom stereocenters. The maximum atomic E-state index is 11.5. The van der Waals surface area contributed by atoms with Crippen LogP contribution in [0.3, 0.4) is 0 Å². The number of nitrogens with one attached hydrogen (secondary N) is 1. The number of aryl methyl sites for hydroxylation is 1. The minimum Gasteiger partial charge on any atom is -0.444 e. The molecule has 0 radical (unpaired) electrons.